The predicted octanol–water partition coefficient (Wildman–Crippen LogP) is 3.11. The smallest absolute Gasteiger partial charge is 0.267 e. The van der Waals surface area contributed by atoms with Gasteiger partial charge in [0.1, 0.15) is 0 Å². The van der Waals surface area contributed by atoms with Gasteiger partial charge in [-0.1, -0.05) is 52.4 Å². The SMILES string of the molecule is CCCCCCCCOS(=O)(=O)CCCC.[Na]. The minimum Gasteiger partial charge on any atom is -0.270 e. The topological polar surface area (TPSA) is 43.4 Å². The van der Waals surface area contributed by atoms with E-state index in [1.54, 1.807) is 0 Å². The third-order valence-corrected chi connectivity index (χ3v) is 3.82. The van der Waals surface area contributed by atoms with Gasteiger partial charge in [0.15, 0.2) is 0 Å². The summed E-state index contributed by atoms with van der Waals surface area (Å²) in [6.45, 7) is 4.52. The van der Waals surface area contributed by atoms with E-state index in [0.29, 0.717) is 13.0 Å². The predicted molar refractivity (Wildman–Crippen MR) is 73.8 cm³/mol. The van der Waals surface area contributed by atoms with E-state index in [9.17, 15) is 8.42 Å². The van der Waals surface area contributed by atoms with E-state index in [1.807, 2.05) is 6.92 Å². The average Bonchev–Trinajstić information content (AvgIpc) is 2.25. The molecule has 3 nitrogen and oxygen atoms in total. The van der Waals surface area contributed by atoms with Crippen LogP contribution in [-0.2, 0) is 14.3 Å². The molecule has 0 bridgehead atoms. The van der Waals surface area contributed by atoms with Gasteiger partial charge >= 0.3 is 0 Å². The Balaban J connectivity index is 0. The molecule has 0 aromatic rings. The molecule has 0 aromatic heterocycles. The summed E-state index contributed by atoms with van der Waals surface area (Å²) in [5.74, 6) is 0.166. The van der Waals surface area contributed by atoms with Gasteiger partial charge in [0.25, 0.3) is 10.1 Å². The van der Waals surface area contributed by atoms with Gasteiger partial charge in [-0.05, 0) is 12.8 Å². The molecule has 0 saturated carbocycles. The summed E-state index contributed by atoms with van der Waals surface area (Å²) >= 11 is 0. The zero-order valence-electron chi connectivity index (χ0n) is 11.7. The van der Waals surface area contributed by atoms with Crippen molar-refractivity contribution in [2.75, 3.05) is 12.4 Å². The first-order valence-electron chi connectivity index (χ1n) is 6.49. The molecule has 0 aliphatic rings. The van der Waals surface area contributed by atoms with Gasteiger partial charge in [-0.15, -0.1) is 0 Å². The molecule has 0 aromatic carbocycles. The van der Waals surface area contributed by atoms with Crippen LogP contribution in [0.5, 0.6) is 0 Å². The second-order valence-corrected chi connectivity index (χ2v) is 5.96. The molecule has 0 saturated heterocycles. The van der Waals surface area contributed by atoms with E-state index in [4.69, 9.17) is 4.18 Å². The monoisotopic (exact) mass is 273 g/mol. The van der Waals surface area contributed by atoms with Gasteiger partial charge in [-0.3, -0.25) is 4.18 Å². The third-order valence-electron chi connectivity index (χ3n) is 2.51. The van der Waals surface area contributed by atoms with Gasteiger partial charge in [0.05, 0.1) is 12.4 Å². The van der Waals surface area contributed by atoms with Crippen molar-refractivity contribution in [3.63, 3.8) is 0 Å². The van der Waals surface area contributed by atoms with Crippen LogP contribution in [0.15, 0.2) is 0 Å². The van der Waals surface area contributed by atoms with E-state index in [-0.39, 0.29) is 35.3 Å². The molecule has 1 radical (unpaired) electrons. The van der Waals surface area contributed by atoms with Crippen LogP contribution in [0, 0.1) is 0 Å². The van der Waals surface area contributed by atoms with Crippen molar-refractivity contribution in [3.05, 3.63) is 0 Å². The molecule has 99 valence electrons. The largest absolute Gasteiger partial charge is 0.270 e. The number of hydrogen-bond acceptors (Lipinski definition) is 3. The number of rotatable bonds is 11. The van der Waals surface area contributed by atoms with E-state index in [1.165, 1.54) is 25.7 Å². The third kappa shape index (κ3) is 14.9. The summed E-state index contributed by atoms with van der Waals surface area (Å²) < 4.78 is 27.5. The van der Waals surface area contributed by atoms with Crippen LogP contribution in [0.1, 0.15) is 65.2 Å². The maximum absolute atomic E-state index is 11.3. The Morgan fingerprint density at radius 3 is 1.94 bits per heavy atom. The van der Waals surface area contributed by atoms with Crippen LogP contribution in [0.3, 0.4) is 0 Å². The van der Waals surface area contributed by atoms with E-state index < -0.39 is 10.1 Å². The van der Waals surface area contributed by atoms with Crippen molar-refractivity contribution < 1.29 is 12.6 Å². The summed E-state index contributed by atoms with van der Waals surface area (Å²) in [5.41, 5.74) is 0. The number of hydrogen-bond donors (Lipinski definition) is 0. The molecule has 5 heteroatoms. The maximum atomic E-state index is 11.3. The van der Waals surface area contributed by atoms with Crippen molar-refractivity contribution in [2.24, 2.45) is 0 Å². The maximum Gasteiger partial charge on any atom is 0.267 e. The van der Waals surface area contributed by atoms with Crippen molar-refractivity contribution >= 4 is 39.7 Å². The quantitative estimate of drug-likeness (QED) is 0.330. The fourth-order valence-electron chi connectivity index (χ4n) is 1.45. The standard InChI is InChI=1S/C12H26O3S.Na/c1-3-5-7-8-9-10-11-15-16(13,14)12-6-4-2;/h3-12H2,1-2H3;. The van der Waals surface area contributed by atoms with Gasteiger partial charge in [0.2, 0.25) is 0 Å². The Morgan fingerprint density at radius 2 is 1.35 bits per heavy atom. The molecule has 0 unspecified atom stereocenters. The normalized spacial score (nSPS) is 11.2. The molecule has 0 heterocycles. The van der Waals surface area contributed by atoms with Crippen molar-refractivity contribution in [2.45, 2.75) is 65.2 Å². The molecule has 0 N–H and O–H groups in total. The fourth-order valence-corrected chi connectivity index (χ4v) is 2.58. The zero-order valence-corrected chi connectivity index (χ0v) is 14.5. The molecule has 0 amide bonds. The Bertz CT molecular complexity index is 240. The van der Waals surface area contributed by atoms with E-state index >= 15 is 0 Å². The Morgan fingerprint density at radius 1 is 0.824 bits per heavy atom. The number of unbranched alkanes of at least 4 members (excludes halogenated alkanes) is 6. The summed E-state index contributed by atoms with van der Waals surface area (Å²) in [4.78, 5) is 0. The van der Waals surface area contributed by atoms with Crippen LogP contribution >= 0.6 is 0 Å². The minimum absolute atomic E-state index is 0. The molecule has 0 rings (SSSR count). The summed E-state index contributed by atoms with van der Waals surface area (Å²) in [6.07, 6.45) is 8.46. The Labute approximate surface area is 129 Å². The van der Waals surface area contributed by atoms with Gasteiger partial charge in [-0.2, -0.15) is 8.42 Å². The zero-order chi connectivity index (χ0) is 12.3. The average molecular weight is 273 g/mol. The van der Waals surface area contributed by atoms with Crippen LogP contribution < -0.4 is 0 Å². The molecule has 0 aliphatic carbocycles. The van der Waals surface area contributed by atoms with E-state index in [0.717, 1.165) is 19.3 Å². The first-order chi connectivity index (χ1) is 7.62. The Kier molecular flexibility index (Phi) is 15.9. The fraction of sp³-hybridized carbons (Fsp3) is 1.00. The summed E-state index contributed by atoms with van der Waals surface area (Å²) in [7, 11) is -3.24. The molecule has 0 fully saturated rings. The van der Waals surface area contributed by atoms with Crippen molar-refractivity contribution in [1.82, 2.24) is 0 Å². The van der Waals surface area contributed by atoms with Crippen molar-refractivity contribution in [3.8, 4) is 0 Å². The second kappa shape index (κ2) is 13.3. The first-order valence-corrected chi connectivity index (χ1v) is 8.07. The summed E-state index contributed by atoms with van der Waals surface area (Å²) in [5, 5.41) is 0. The van der Waals surface area contributed by atoms with Crippen LogP contribution in [0.25, 0.3) is 0 Å². The molecule has 0 spiro atoms. The van der Waals surface area contributed by atoms with Crippen LogP contribution in [0.2, 0.25) is 0 Å². The van der Waals surface area contributed by atoms with Crippen LogP contribution in [0.4, 0.5) is 0 Å². The first kappa shape index (κ1) is 20.2. The van der Waals surface area contributed by atoms with Gasteiger partial charge in [-0.25, -0.2) is 0 Å². The molecule has 17 heavy (non-hydrogen) atoms. The molecule has 0 aliphatic heterocycles. The molecular formula is C12H26NaO3S. The summed E-state index contributed by atoms with van der Waals surface area (Å²) in [6, 6.07) is 0. The van der Waals surface area contributed by atoms with Crippen molar-refractivity contribution in [1.29, 1.82) is 0 Å². The van der Waals surface area contributed by atoms with Gasteiger partial charge < -0.3 is 0 Å². The van der Waals surface area contributed by atoms with E-state index in [2.05, 4.69) is 6.92 Å². The Hall–Kier alpha value is 0.910. The second-order valence-electron chi connectivity index (χ2n) is 4.21. The van der Waals surface area contributed by atoms with Gasteiger partial charge in [0, 0.05) is 29.6 Å². The minimum atomic E-state index is -3.24. The molecule has 0 atom stereocenters. The van der Waals surface area contributed by atoms with Crippen LogP contribution in [-0.4, -0.2) is 50.3 Å². The molecular weight excluding hydrogens is 247 g/mol.